The van der Waals surface area contributed by atoms with Crippen molar-refractivity contribution in [3.05, 3.63) is 53.9 Å². The molecule has 1 aromatic carbocycles. The fourth-order valence-electron chi connectivity index (χ4n) is 1.68. The van der Waals surface area contributed by atoms with E-state index in [1.807, 2.05) is 6.07 Å². The van der Waals surface area contributed by atoms with Crippen LogP contribution in [0.1, 0.15) is 11.3 Å². The highest BCUT2D eigenvalue weighted by atomic mass is 16.3. The number of carbonyl (C=O) groups is 1. The van der Waals surface area contributed by atoms with Gasteiger partial charge in [-0.05, 0) is 18.2 Å². The van der Waals surface area contributed by atoms with E-state index in [2.05, 4.69) is 10.3 Å². The van der Waals surface area contributed by atoms with Crippen LogP contribution >= 0.6 is 0 Å². The average Bonchev–Trinajstić information content (AvgIpc) is 2.42. The number of hydrogen-bond donors (Lipinski definition) is 3. The molecule has 0 aliphatic rings. The highest BCUT2D eigenvalue weighted by Crippen LogP contribution is 2.15. The predicted molar refractivity (Wildman–Crippen MR) is 73.3 cm³/mol. The third kappa shape index (κ3) is 3.53. The number of nitrogens with one attached hydrogen (secondary N) is 1. The zero-order valence-electron chi connectivity index (χ0n) is 10.3. The van der Waals surface area contributed by atoms with Crippen LogP contribution in [-0.2, 0) is 17.8 Å². The minimum absolute atomic E-state index is 0.115. The summed E-state index contributed by atoms with van der Waals surface area (Å²) >= 11 is 0. The first kappa shape index (κ1) is 13.0. The summed E-state index contributed by atoms with van der Waals surface area (Å²) in [5.41, 5.74) is 8.04. The van der Waals surface area contributed by atoms with Crippen LogP contribution in [0.15, 0.2) is 42.6 Å². The van der Waals surface area contributed by atoms with Gasteiger partial charge in [0, 0.05) is 16.9 Å². The third-order valence-corrected chi connectivity index (χ3v) is 2.65. The molecule has 0 bridgehead atoms. The summed E-state index contributed by atoms with van der Waals surface area (Å²) in [4.78, 5) is 15.9. The van der Waals surface area contributed by atoms with E-state index in [1.54, 1.807) is 30.3 Å². The van der Waals surface area contributed by atoms with E-state index < -0.39 is 0 Å². The Morgan fingerprint density at radius 2 is 2.05 bits per heavy atom. The summed E-state index contributed by atoms with van der Waals surface area (Å²) in [6.07, 6.45) is 1.68. The third-order valence-electron chi connectivity index (χ3n) is 2.65. The smallest absolute Gasteiger partial charge is 0.230 e. The molecule has 0 radical (unpaired) electrons. The average molecular weight is 257 g/mol. The lowest BCUT2D eigenvalue weighted by Gasteiger charge is -2.09. The number of aliphatic hydroxyl groups excluding tert-OH is 1. The van der Waals surface area contributed by atoms with Gasteiger partial charge in [-0.15, -0.1) is 0 Å². The normalized spacial score (nSPS) is 10.2. The van der Waals surface area contributed by atoms with Gasteiger partial charge in [0.2, 0.25) is 5.91 Å². The van der Waals surface area contributed by atoms with E-state index >= 15 is 0 Å². The first-order valence-electron chi connectivity index (χ1n) is 5.88. The van der Waals surface area contributed by atoms with Crippen LogP contribution in [0.5, 0.6) is 0 Å². The molecule has 1 amide bonds. The molecule has 5 nitrogen and oxygen atoms in total. The first-order valence-corrected chi connectivity index (χ1v) is 5.88. The zero-order valence-corrected chi connectivity index (χ0v) is 10.3. The minimum Gasteiger partial charge on any atom is -0.397 e. The summed E-state index contributed by atoms with van der Waals surface area (Å²) in [7, 11) is 0. The van der Waals surface area contributed by atoms with Crippen molar-refractivity contribution in [2.24, 2.45) is 0 Å². The van der Waals surface area contributed by atoms with E-state index in [-0.39, 0.29) is 18.9 Å². The number of nitrogens with zero attached hydrogens (tertiary/aromatic N) is 1. The van der Waals surface area contributed by atoms with Crippen LogP contribution in [0.4, 0.5) is 11.4 Å². The molecule has 2 aromatic rings. The van der Waals surface area contributed by atoms with E-state index in [1.165, 1.54) is 6.20 Å². The molecule has 1 aromatic heterocycles. The number of pyridine rings is 1. The topological polar surface area (TPSA) is 88.2 Å². The van der Waals surface area contributed by atoms with E-state index in [0.29, 0.717) is 22.6 Å². The molecule has 0 unspecified atom stereocenters. The minimum atomic E-state index is -0.182. The lowest BCUT2D eigenvalue weighted by Crippen LogP contribution is -2.16. The number of nitrogen functional groups attached to an aromatic ring is 1. The molecule has 0 saturated carbocycles. The SMILES string of the molecule is Nc1ccc(CC(=O)Nc2ccccc2CO)nc1. The fourth-order valence-corrected chi connectivity index (χ4v) is 1.68. The maximum Gasteiger partial charge on any atom is 0.230 e. The van der Waals surface area contributed by atoms with E-state index in [0.717, 1.165) is 0 Å². The summed E-state index contributed by atoms with van der Waals surface area (Å²) in [6, 6.07) is 10.5. The molecule has 0 aliphatic heterocycles. The molecule has 4 N–H and O–H groups in total. The quantitative estimate of drug-likeness (QED) is 0.771. The van der Waals surface area contributed by atoms with E-state index in [4.69, 9.17) is 5.73 Å². The molecule has 0 saturated heterocycles. The van der Waals surface area contributed by atoms with Crippen LogP contribution < -0.4 is 11.1 Å². The molecule has 0 spiro atoms. The molecular formula is C14H15N3O2. The summed E-state index contributed by atoms with van der Waals surface area (Å²) in [5, 5.41) is 11.9. The second-order valence-electron chi connectivity index (χ2n) is 4.12. The van der Waals surface area contributed by atoms with Crippen LogP contribution in [-0.4, -0.2) is 16.0 Å². The number of nitrogens with two attached hydrogens (primary N) is 1. The number of aliphatic hydroxyl groups is 1. The van der Waals surface area contributed by atoms with Crippen molar-refractivity contribution in [3.8, 4) is 0 Å². The van der Waals surface area contributed by atoms with Crippen molar-refractivity contribution >= 4 is 17.3 Å². The number of rotatable bonds is 4. The van der Waals surface area contributed by atoms with Gasteiger partial charge < -0.3 is 16.2 Å². The lowest BCUT2D eigenvalue weighted by molar-refractivity contribution is -0.115. The summed E-state index contributed by atoms with van der Waals surface area (Å²) < 4.78 is 0. The molecule has 0 atom stereocenters. The Morgan fingerprint density at radius 3 is 2.74 bits per heavy atom. The highest BCUT2D eigenvalue weighted by molar-refractivity contribution is 5.92. The van der Waals surface area contributed by atoms with Gasteiger partial charge in [-0.25, -0.2) is 0 Å². The molecule has 98 valence electrons. The van der Waals surface area contributed by atoms with Gasteiger partial charge in [-0.1, -0.05) is 18.2 Å². The Labute approximate surface area is 111 Å². The Bertz CT molecular complexity index is 567. The van der Waals surface area contributed by atoms with Gasteiger partial charge in [0.05, 0.1) is 24.9 Å². The monoisotopic (exact) mass is 257 g/mol. The van der Waals surface area contributed by atoms with Crippen molar-refractivity contribution in [3.63, 3.8) is 0 Å². The molecule has 0 fully saturated rings. The lowest BCUT2D eigenvalue weighted by atomic mass is 10.2. The fraction of sp³-hybridized carbons (Fsp3) is 0.143. The maximum absolute atomic E-state index is 11.9. The standard InChI is InChI=1S/C14H15N3O2/c15-11-5-6-12(16-8-11)7-14(19)17-13-4-2-1-3-10(13)9-18/h1-6,8,18H,7,9,15H2,(H,17,19). The van der Waals surface area contributed by atoms with Crippen LogP contribution in [0.3, 0.4) is 0 Å². The van der Waals surface area contributed by atoms with Gasteiger partial charge in [0.25, 0.3) is 0 Å². The number of aromatic nitrogens is 1. The van der Waals surface area contributed by atoms with Crippen LogP contribution in [0, 0.1) is 0 Å². The van der Waals surface area contributed by atoms with Crippen molar-refractivity contribution in [1.29, 1.82) is 0 Å². The van der Waals surface area contributed by atoms with E-state index in [9.17, 15) is 9.90 Å². The summed E-state index contributed by atoms with van der Waals surface area (Å²) in [6.45, 7) is -0.115. The number of amides is 1. The second kappa shape index (κ2) is 5.97. The van der Waals surface area contributed by atoms with Crippen molar-refractivity contribution in [2.45, 2.75) is 13.0 Å². The number of para-hydroxylation sites is 1. The number of anilines is 2. The van der Waals surface area contributed by atoms with Crippen molar-refractivity contribution in [1.82, 2.24) is 4.98 Å². The van der Waals surface area contributed by atoms with Gasteiger partial charge in [0.1, 0.15) is 0 Å². The molecule has 5 heteroatoms. The van der Waals surface area contributed by atoms with Crippen LogP contribution in [0.25, 0.3) is 0 Å². The first-order chi connectivity index (χ1) is 9.19. The number of benzene rings is 1. The number of hydrogen-bond acceptors (Lipinski definition) is 4. The predicted octanol–water partition coefficient (Wildman–Crippen LogP) is 1.34. The largest absolute Gasteiger partial charge is 0.397 e. The molecule has 2 rings (SSSR count). The summed E-state index contributed by atoms with van der Waals surface area (Å²) in [5.74, 6) is -0.182. The Morgan fingerprint density at radius 1 is 1.26 bits per heavy atom. The number of carbonyl (C=O) groups excluding carboxylic acids is 1. The van der Waals surface area contributed by atoms with Gasteiger partial charge in [-0.3, -0.25) is 9.78 Å². The van der Waals surface area contributed by atoms with Gasteiger partial charge in [0.15, 0.2) is 0 Å². The van der Waals surface area contributed by atoms with Crippen molar-refractivity contribution < 1.29 is 9.90 Å². The molecule has 1 heterocycles. The van der Waals surface area contributed by atoms with Gasteiger partial charge >= 0.3 is 0 Å². The zero-order chi connectivity index (χ0) is 13.7. The van der Waals surface area contributed by atoms with Crippen molar-refractivity contribution in [2.75, 3.05) is 11.1 Å². The molecular weight excluding hydrogens is 242 g/mol. The second-order valence-corrected chi connectivity index (χ2v) is 4.12. The Hall–Kier alpha value is -2.40. The highest BCUT2D eigenvalue weighted by Gasteiger charge is 2.07. The molecule has 0 aliphatic carbocycles. The Kier molecular flexibility index (Phi) is 4.10. The maximum atomic E-state index is 11.9. The molecule has 19 heavy (non-hydrogen) atoms. The Balaban J connectivity index is 2.03. The van der Waals surface area contributed by atoms with Gasteiger partial charge in [-0.2, -0.15) is 0 Å². The van der Waals surface area contributed by atoms with Crippen LogP contribution in [0.2, 0.25) is 0 Å².